The molecule has 2 N–H and O–H groups in total. The molecule has 1 aromatic carbocycles. The van der Waals surface area contributed by atoms with Crippen molar-refractivity contribution in [3.8, 4) is 5.75 Å². The van der Waals surface area contributed by atoms with E-state index in [9.17, 15) is 5.11 Å². The summed E-state index contributed by atoms with van der Waals surface area (Å²) >= 11 is 0. The molecule has 2 heteroatoms. The Labute approximate surface area is 65.9 Å². The number of benzene rings is 1. The molecule has 0 spiro atoms. The van der Waals surface area contributed by atoms with Gasteiger partial charge in [0.25, 0.3) is 0 Å². The Morgan fingerprint density at radius 2 is 2.27 bits per heavy atom. The van der Waals surface area contributed by atoms with E-state index in [1.807, 2.05) is 12.1 Å². The van der Waals surface area contributed by atoms with E-state index in [1.165, 1.54) is 0 Å². The largest absolute Gasteiger partial charge is 0.508 e. The molecule has 0 radical (unpaired) electrons. The molecule has 0 unspecified atom stereocenters. The number of rotatable bonds is 0. The van der Waals surface area contributed by atoms with Crippen LogP contribution >= 0.6 is 0 Å². The summed E-state index contributed by atoms with van der Waals surface area (Å²) in [6.07, 6.45) is 2.11. The third kappa shape index (κ3) is 1.04. The van der Waals surface area contributed by atoms with Crippen LogP contribution < -0.4 is 5.32 Å². The number of hydrogen-bond donors (Lipinski definition) is 2. The zero-order valence-electron chi connectivity index (χ0n) is 6.30. The molecule has 0 fully saturated rings. The van der Waals surface area contributed by atoms with Gasteiger partial charge in [-0.2, -0.15) is 0 Å². The van der Waals surface area contributed by atoms with Gasteiger partial charge in [0.2, 0.25) is 0 Å². The lowest BCUT2D eigenvalue weighted by Gasteiger charge is -2.18. The van der Waals surface area contributed by atoms with Gasteiger partial charge < -0.3 is 10.4 Å². The highest BCUT2D eigenvalue weighted by molar-refractivity contribution is 5.58. The average molecular weight is 149 g/mol. The van der Waals surface area contributed by atoms with E-state index in [1.54, 1.807) is 6.07 Å². The van der Waals surface area contributed by atoms with Crippen molar-refractivity contribution in [3.63, 3.8) is 0 Å². The second-order valence-corrected chi connectivity index (χ2v) is 2.83. The molecule has 1 aliphatic heterocycles. The first-order valence-electron chi connectivity index (χ1n) is 3.92. The summed E-state index contributed by atoms with van der Waals surface area (Å²) in [5.74, 6) is 0.426. The van der Waals surface area contributed by atoms with Crippen LogP contribution in [0.15, 0.2) is 18.2 Å². The second-order valence-electron chi connectivity index (χ2n) is 2.83. The summed E-state index contributed by atoms with van der Waals surface area (Å²) in [4.78, 5) is 0. The smallest absolute Gasteiger partial charge is 0.120 e. The fraction of sp³-hybridized carbons (Fsp3) is 0.333. The summed E-state index contributed by atoms with van der Waals surface area (Å²) in [6, 6.07) is 5.62. The molecule has 0 atom stereocenters. The van der Waals surface area contributed by atoms with Crippen LogP contribution in [0.25, 0.3) is 0 Å². The standard InChI is InChI=1S/C9H11NO/c11-9-5-1-4-8-7(9)3-2-6-10-8/h1,4-5,10-11H,2-3,6H2. The van der Waals surface area contributed by atoms with Crippen molar-refractivity contribution in [3.05, 3.63) is 23.8 Å². The first-order valence-corrected chi connectivity index (χ1v) is 3.92. The molecule has 58 valence electrons. The Morgan fingerprint density at radius 1 is 1.36 bits per heavy atom. The average Bonchev–Trinajstić information content (AvgIpc) is 2.06. The highest BCUT2D eigenvalue weighted by Gasteiger charge is 2.10. The zero-order valence-corrected chi connectivity index (χ0v) is 6.30. The highest BCUT2D eigenvalue weighted by Crippen LogP contribution is 2.29. The normalized spacial score (nSPS) is 15.3. The van der Waals surface area contributed by atoms with E-state index in [0.29, 0.717) is 5.75 Å². The van der Waals surface area contributed by atoms with Gasteiger partial charge in [0.1, 0.15) is 5.75 Å². The van der Waals surface area contributed by atoms with Gasteiger partial charge in [0.05, 0.1) is 0 Å². The Bertz CT molecular complexity index is 270. The van der Waals surface area contributed by atoms with E-state index in [-0.39, 0.29) is 0 Å². The number of fused-ring (bicyclic) bond motifs is 1. The first-order chi connectivity index (χ1) is 5.38. The van der Waals surface area contributed by atoms with Crippen LogP contribution in [0.2, 0.25) is 0 Å². The van der Waals surface area contributed by atoms with Gasteiger partial charge in [0, 0.05) is 17.8 Å². The van der Waals surface area contributed by atoms with Crippen LogP contribution in [0.5, 0.6) is 5.75 Å². The number of phenolic OH excluding ortho intramolecular Hbond substituents is 1. The van der Waals surface area contributed by atoms with Crippen molar-refractivity contribution in [1.82, 2.24) is 0 Å². The molecular weight excluding hydrogens is 138 g/mol. The number of anilines is 1. The maximum atomic E-state index is 9.42. The minimum absolute atomic E-state index is 0.426. The Balaban J connectivity index is 2.49. The zero-order chi connectivity index (χ0) is 7.68. The first kappa shape index (κ1) is 6.53. The molecule has 2 rings (SSSR count). The molecule has 11 heavy (non-hydrogen) atoms. The number of hydrogen-bond acceptors (Lipinski definition) is 2. The monoisotopic (exact) mass is 149 g/mol. The Kier molecular flexibility index (Phi) is 1.46. The van der Waals surface area contributed by atoms with Crippen LogP contribution in [-0.2, 0) is 6.42 Å². The summed E-state index contributed by atoms with van der Waals surface area (Å²) < 4.78 is 0. The van der Waals surface area contributed by atoms with Crippen molar-refractivity contribution in [2.24, 2.45) is 0 Å². The predicted octanol–water partition coefficient (Wildman–Crippen LogP) is 1.75. The van der Waals surface area contributed by atoms with E-state index < -0.39 is 0 Å². The van der Waals surface area contributed by atoms with E-state index in [0.717, 1.165) is 30.6 Å². The lowest BCUT2D eigenvalue weighted by Crippen LogP contribution is -2.11. The molecule has 0 saturated heterocycles. The van der Waals surface area contributed by atoms with Crippen LogP contribution in [0.4, 0.5) is 5.69 Å². The van der Waals surface area contributed by atoms with Gasteiger partial charge in [-0.15, -0.1) is 0 Å². The fourth-order valence-electron chi connectivity index (χ4n) is 1.49. The molecule has 0 aliphatic carbocycles. The molecule has 1 heterocycles. The van der Waals surface area contributed by atoms with E-state index in [4.69, 9.17) is 0 Å². The molecule has 1 aromatic rings. The summed E-state index contributed by atoms with van der Waals surface area (Å²) in [5, 5.41) is 12.7. The number of aromatic hydroxyl groups is 1. The van der Waals surface area contributed by atoms with Gasteiger partial charge >= 0.3 is 0 Å². The maximum Gasteiger partial charge on any atom is 0.120 e. The number of nitrogens with one attached hydrogen (secondary N) is 1. The van der Waals surface area contributed by atoms with Gasteiger partial charge in [-0.05, 0) is 25.0 Å². The highest BCUT2D eigenvalue weighted by atomic mass is 16.3. The van der Waals surface area contributed by atoms with Gasteiger partial charge in [-0.1, -0.05) is 6.07 Å². The summed E-state index contributed by atoms with van der Waals surface area (Å²) in [6.45, 7) is 1.02. The van der Waals surface area contributed by atoms with Crippen LogP contribution in [0, 0.1) is 0 Å². The Hall–Kier alpha value is -1.18. The minimum atomic E-state index is 0.426. The molecule has 0 amide bonds. The van der Waals surface area contributed by atoms with E-state index in [2.05, 4.69) is 5.32 Å². The van der Waals surface area contributed by atoms with Crippen LogP contribution in [-0.4, -0.2) is 11.7 Å². The van der Waals surface area contributed by atoms with Crippen LogP contribution in [0.1, 0.15) is 12.0 Å². The lowest BCUT2D eigenvalue weighted by atomic mass is 10.0. The molecule has 2 nitrogen and oxygen atoms in total. The van der Waals surface area contributed by atoms with E-state index >= 15 is 0 Å². The maximum absolute atomic E-state index is 9.42. The molecule has 0 saturated carbocycles. The molecule has 0 bridgehead atoms. The van der Waals surface area contributed by atoms with Crippen molar-refractivity contribution in [1.29, 1.82) is 0 Å². The third-order valence-corrected chi connectivity index (χ3v) is 2.07. The SMILES string of the molecule is Oc1cccc2c1CCCN2. The van der Waals surface area contributed by atoms with Gasteiger partial charge in [-0.3, -0.25) is 0 Å². The van der Waals surface area contributed by atoms with Crippen molar-refractivity contribution in [2.75, 3.05) is 11.9 Å². The number of phenols is 1. The third-order valence-electron chi connectivity index (χ3n) is 2.07. The predicted molar refractivity (Wildman–Crippen MR) is 44.9 cm³/mol. The topological polar surface area (TPSA) is 32.3 Å². The second kappa shape index (κ2) is 2.46. The van der Waals surface area contributed by atoms with Crippen LogP contribution in [0.3, 0.4) is 0 Å². The minimum Gasteiger partial charge on any atom is -0.508 e. The van der Waals surface area contributed by atoms with Crippen molar-refractivity contribution >= 4 is 5.69 Å². The quantitative estimate of drug-likeness (QED) is 0.589. The van der Waals surface area contributed by atoms with Gasteiger partial charge in [-0.25, -0.2) is 0 Å². The fourth-order valence-corrected chi connectivity index (χ4v) is 1.49. The summed E-state index contributed by atoms with van der Waals surface area (Å²) in [7, 11) is 0. The van der Waals surface area contributed by atoms with Crippen molar-refractivity contribution < 1.29 is 5.11 Å². The Morgan fingerprint density at radius 3 is 3.09 bits per heavy atom. The van der Waals surface area contributed by atoms with Crippen molar-refractivity contribution in [2.45, 2.75) is 12.8 Å². The summed E-state index contributed by atoms with van der Waals surface area (Å²) in [5.41, 5.74) is 2.16. The molecule has 1 aliphatic rings. The molecular formula is C9H11NO. The molecule has 0 aromatic heterocycles. The lowest BCUT2D eigenvalue weighted by molar-refractivity contribution is 0.466. The van der Waals surface area contributed by atoms with Gasteiger partial charge in [0.15, 0.2) is 0 Å².